The SMILES string of the molecule is CCC(N)CSCc1ccc2ccccc2n1. The first kappa shape index (κ1) is 12.4. The summed E-state index contributed by atoms with van der Waals surface area (Å²) in [6.45, 7) is 2.12. The molecule has 0 saturated carbocycles. The van der Waals surface area contributed by atoms with Gasteiger partial charge in [-0.2, -0.15) is 11.8 Å². The lowest BCUT2D eigenvalue weighted by Crippen LogP contribution is -2.21. The van der Waals surface area contributed by atoms with E-state index >= 15 is 0 Å². The van der Waals surface area contributed by atoms with Gasteiger partial charge in [0.05, 0.1) is 11.2 Å². The van der Waals surface area contributed by atoms with Crippen LogP contribution in [0.5, 0.6) is 0 Å². The Labute approximate surface area is 107 Å². The van der Waals surface area contributed by atoms with E-state index in [1.807, 2.05) is 23.9 Å². The van der Waals surface area contributed by atoms with Crippen LogP contribution in [0.2, 0.25) is 0 Å². The van der Waals surface area contributed by atoms with Crippen molar-refractivity contribution in [3.05, 3.63) is 42.1 Å². The van der Waals surface area contributed by atoms with Crippen LogP contribution >= 0.6 is 11.8 Å². The number of hydrogen-bond acceptors (Lipinski definition) is 3. The van der Waals surface area contributed by atoms with Crippen molar-refractivity contribution in [3.8, 4) is 0 Å². The Morgan fingerprint density at radius 1 is 1.24 bits per heavy atom. The predicted molar refractivity (Wildman–Crippen MR) is 76.2 cm³/mol. The molecule has 90 valence electrons. The van der Waals surface area contributed by atoms with Crippen LogP contribution in [0.15, 0.2) is 36.4 Å². The van der Waals surface area contributed by atoms with Crippen LogP contribution < -0.4 is 5.73 Å². The maximum Gasteiger partial charge on any atom is 0.0705 e. The Bertz CT molecular complexity index is 484. The van der Waals surface area contributed by atoms with E-state index in [2.05, 4.69) is 36.2 Å². The highest BCUT2D eigenvalue weighted by Crippen LogP contribution is 2.16. The van der Waals surface area contributed by atoms with Gasteiger partial charge < -0.3 is 5.73 Å². The minimum Gasteiger partial charge on any atom is -0.327 e. The van der Waals surface area contributed by atoms with E-state index < -0.39 is 0 Å². The van der Waals surface area contributed by atoms with Crippen molar-refractivity contribution in [2.75, 3.05) is 5.75 Å². The summed E-state index contributed by atoms with van der Waals surface area (Å²) in [5.41, 5.74) is 8.10. The van der Waals surface area contributed by atoms with Crippen molar-refractivity contribution in [2.24, 2.45) is 5.73 Å². The molecule has 0 aliphatic rings. The number of aromatic nitrogens is 1. The third kappa shape index (κ3) is 3.45. The quantitative estimate of drug-likeness (QED) is 0.880. The molecule has 17 heavy (non-hydrogen) atoms. The van der Waals surface area contributed by atoms with Gasteiger partial charge in [-0.25, -0.2) is 0 Å². The Balaban J connectivity index is 1.99. The van der Waals surface area contributed by atoms with Gasteiger partial charge in [0.25, 0.3) is 0 Å². The van der Waals surface area contributed by atoms with Crippen molar-refractivity contribution in [1.82, 2.24) is 4.98 Å². The molecule has 2 nitrogen and oxygen atoms in total. The molecule has 3 heteroatoms. The molecule has 1 aromatic carbocycles. The fraction of sp³-hybridized carbons (Fsp3) is 0.357. The Morgan fingerprint density at radius 3 is 2.88 bits per heavy atom. The van der Waals surface area contributed by atoms with E-state index in [0.717, 1.165) is 29.1 Å². The second-order valence-electron chi connectivity index (χ2n) is 4.18. The van der Waals surface area contributed by atoms with Crippen LogP contribution in [0.4, 0.5) is 0 Å². The summed E-state index contributed by atoms with van der Waals surface area (Å²) < 4.78 is 0. The van der Waals surface area contributed by atoms with E-state index in [9.17, 15) is 0 Å². The van der Waals surface area contributed by atoms with Crippen LogP contribution in [-0.4, -0.2) is 16.8 Å². The molecule has 2 N–H and O–H groups in total. The van der Waals surface area contributed by atoms with E-state index in [1.165, 1.54) is 5.39 Å². The molecule has 0 fully saturated rings. The fourth-order valence-corrected chi connectivity index (χ4v) is 2.65. The van der Waals surface area contributed by atoms with Crippen molar-refractivity contribution in [2.45, 2.75) is 25.1 Å². The lowest BCUT2D eigenvalue weighted by Gasteiger charge is -2.07. The minimum atomic E-state index is 0.306. The normalized spacial score (nSPS) is 12.8. The van der Waals surface area contributed by atoms with E-state index in [1.54, 1.807) is 0 Å². The lowest BCUT2D eigenvalue weighted by molar-refractivity contribution is 0.724. The number of rotatable bonds is 5. The monoisotopic (exact) mass is 246 g/mol. The van der Waals surface area contributed by atoms with E-state index in [-0.39, 0.29) is 0 Å². The van der Waals surface area contributed by atoms with E-state index in [0.29, 0.717) is 6.04 Å². The van der Waals surface area contributed by atoms with E-state index in [4.69, 9.17) is 5.73 Å². The summed E-state index contributed by atoms with van der Waals surface area (Å²) in [5.74, 6) is 1.95. The van der Waals surface area contributed by atoms with Gasteiger partial charge >= 0.3 is 0 Å². The maximum atomic E-state index is 5.89. The van der Waals surface area contributed by atoms with Gasteiger partial charge in [0.2, 0.25) is 0 Å². The van der Waals surface area contributed by atoms with Gasteiger partial charge in [0.15, 0.2) is 0 Å². The standard InChI is InChI=1S/C14H18N2S/c1-2-12(15)9-17-10-13-8-7-11-5-3-4-6-14(11)16-13/h3-8,12H,2,9-10,15H2,1H3. The highest BCUT2D eigenvalue weighted by atomic mass is 32.2. The number of nitrogens with zero attached hydrogens (tertiary/aromatic N) is 1. The van der Waals surface area contributed by atoms with Crippen molar-refractivity contribution in [3.63, 3.8) is 0 Å². The molecule has 0 aliphatic carbocycles. The molecule has 0 spiro atoms. The Morgan fingerprint density at radius 2 is 2.06 bits per heavy atom. The number of nitrogens with two attached hydrogens (primary N) is 1. The Hall–Kier alpha value is -1.06. The average molecular weight is 246 g/mol. The first-order valence-electron chi connectivity index (χ1n) is 5.97. The minimum absolute atomic E-state index is 0.306. The zero-order valence-corrected chi connectivity index (χ0v) is 10.9. The first-order chi connectivity index (χ1) is 8.29. The summed E-state index contributed by atoms with van der Waals surface area (Å²) in [7, 11) is 0. The maximum absolute atomic E-state index is 5.89. The molecule has 2 rings (SSSR count). The summed E-state index contributed by atoms with van der Waals surface area (Å²) in [6.07, 6.45) is 1.04. The number of benzene rings is 1. The lowest BCUT2D eigenvalue weighted by atomic mass is 10.2. The number of pyridine rings is 1. The second-order valence-corrected chi connectivity index (χ2v) is 5.21. The molecule has 1 unspecified atom stereocenters. The topological polar surface area (TPSA) is 38.9 Å². The molecule has 1 atom stereocenters. The Kier molecular flexibility index (Phi) is 4.40. The summed E-state index contributed by atoms with van der Waals surface area (Å²) in [6, 6.07) is 12.8. The van der Waals surface area contributed by atoms with Crippen LogP contribution in [0.3, 0.4) is 0 Å². The third-order valence-corrected chi connectivity index (χ3v) is 3.93. The summed E-state index contributed by atoms with van der Waals surface area (Å²) >= 11 is 1.86. The number of fused-ring (bicyclic) bond motifs is 1. The number of hydrogen-bond donors (Lipinski definition) is 1. The van der Waals surface area contributed by atoms with Crippen LogP contribution in [0.25, 0.3) is 10.9 Å². The molecular formula is C14H18N2S. The smallest absolute Gasteiger partial charge is 0.0705 e. The molecule has 2 aromatic rings. The fourth-order valence-electron chi connectivity index (χ4n) is 1.62. The second kappa shape index (κ2) is 6.03. The zero-order chi connectivity index (χ0) is 12.1. The van der Waals surface area contributed by atoms with Gasteiger partial charge in [-0.1, -0.05) is 31.2 Å². The van der Waals surface area contributed by atoms with Gasteiger partial charge in [0.1, 0.15) is 0 Å². The van der Waals surface area contributed by atoms with Crippen molar-refractivity contribution in [1.29, 1.82) is 0 Å². The highest BCUT2D eigenvalue weighted by molar-refractivity contribution is 7.98. The van der Waals surface area contributed by atoms with Gasteiger partial charge in [0, 0.05) is 22.9 Å². The summed E-state index contributed by atoms with van der Waals surface area (Å²) in [5, 5.41) is 1.20. The number of thioether (sulfide) groups is 1. The van der Waals surface area contributed by atoms with Gasteiger partial charge in [-0.15, -0.1) is 0 Å². The molecule has 1 heterocycles. The van der Waals surface area contributed by atoms with Crippen LogP contribution in [0.1, 0.15) is 19.0 Å². The summed E-state index contributed by atoms with van der Waals surface area (Å²) in [4.78, 5) is 4.64. The number of para-hydroxylation sites is 1. The van der Waals surface area contributed by atoms with Crippen LogP contribution in [-0.2, 0) is 5.75 Å². The van der Waals surface area contributed by atoms with Gasteiger partial charge in [-0.3, -0.25) is 4.98 Å². The molecule has 0 saturated heterocycles. The van der Waals surface area contributed by atoms with Crippen molar-refractivity contribution < 1.29 is 0 Å². The van der Waals surface area contributed by atoms with Gasteiger partial charge in [-0.05, 0) is 18.6 Å². The molecule has 0 bridgehead atoms. The zero-order valence-electron chi connectivity index (χ0n) is 10.1. The third-order valence-electron chi connectivity index (χ3n) is 2.76. The van der Waals surface area contributed by atoms with Crippen molar-refractivity contribution >= 4 is 22.7 Å². The first-order valence-corrected chi connectivity index (χ1v) is 7.13. The average Bonchev–Trinajstić information content (AvgIpc) is 2.38. The molecular weight excluding hydrogens is 228 g/mol. The highest BCUT2D eigenvalue weighted by Gasteiger charge is 2.01. The molecule has 0 radical (unpaired) electrons. The largest absolute Gasteiger partial charge is 0.327 e. The molecule has 0 amide bonds. The van der Waals surface area contributed by atoms with Crippen LogP contribution in [0, 0.1) is 0 Å². The predicted octanol–water partition coefficient (Wildman–Crippen LogP) is 3.21. The molecule has 1 aromatic heterocycles. The molecule has 0 aliphatic heterocycles.